The number of hydrogen-bond acceptors (Lipinski definition) is 6. The molecule has 0 spiro atoms. The molecule has 0 aliphatic carbocycles. The Kier molecular flexibility index (Phi) is 5.94. The van der Waals surface area contributed by atoms with E-state index in [2.05, 4.69) is 47.2 Å². The summed E-state index contributed by atoms with van der Waals surface area (Å²) >= 11 is 1.74. The van der Waals surface area contributed by atoms with Crippen LogP contribution in [0.3, 0.4) is 0 Å². The Bertz CT molecular complexity index is 820. The van der Waals surface area contributed by atoms with Gasteiger partial charge < -0.3 is 5.11 Å². The third-order valence-electron chi connectivity index (χ3n) is 5.10. The summed E-state index contributed by atoms with van der Waals surface area (Å²) in [6, 6.07) is 8.58. The van der Waals surface area contributed by atoms with Gasteiger partial charge in [-0.25, -0.2) is 9.97 Å². The lowest BCUT2D eigenvalue weighted by atomic mass is 10.1. The van der Waals surface area contributed by atoms with Crippen LogP contribution in [0.25, 0.3) is 5.95 Å². The molecule has 0 aromatic carbocycles. The van der Waals surface area contributed by atoms with E-state index in [0.717, 1.165) is 39.1 Å². The Hall–Kier alpha value is -2.06. The lowest BCUT2D eigenvalue weighted by Gasteiger charge is -2.41. The first-order valence-electron chi connectivity index (χ1n) is 9.35. The van der Waals surface area contributed by atoms with Crippen LogP contribution in [0.2, 0.25) is 0 Å². The van der Waals surface area contributed by atoms with Crippen molar-refractivity contribution in [2.24, 2.45) is 0 Å². The van der Waals surface area contributed by atoms with Crippen LogP contribution in [0.15, 0.2) is 53.6 Å². The van der Waals surface area contributed by atoms with Gasteiger partial charge in [-0.3, -0.25) is 14.4 Å². The summed E-state index contributed by atoms with van der Waals surface area (Å²) in [6.45, 7) is 5.06. The van der Waals surface area contributed by atoms with Gasteiger partial charge in [-0.1, -0.05) is 0 Å². The third-order valence-corrected chi connectivity index (χ3v) is 5.84. The highest BCUT2D eigenvalue weighted by Gasteiger charge is 2.27. The van der Waals surface area contributed by atoms with E-state index in [-0.39, 0.29) is 6.61 Å². The molecular formula is C20H25N5OS. The SMILES string of the molecule is OCCC1CN(Cc2cccn2-c2ncccn2)CCN1Cc1ccsc1. The van der Waals surface area contributed by atoms with Gasteiger partial charge in [0.2, 0.25) is 5.95 Å². The lowest BCUT2D eigenvalue weighted by molar-refractivity contribution is 0.0492. The first-order valence-corrected chi connectivity index (χ1v) is 10.3. The van der Waals surface area contributed by atoms with Gasteiger partial charge in [0.25, 0.3) is 0 Å². The largest absolute Gasteiger partial charge is 0.396 e. The van der Waals surface area contributed by atoms with E-state index >= 15 is 0 Å². The van der Waals surface area contributed by atoms with E-state index < -0.39 is 0 Å². The number of aromatic nitrogens is 3. The Morgan fingerprint density at radius 1 is 1.11 bits per heavy atom. The fourth-order valence-electron chi connectivity index (χ4n) is 3.73. The summed E-state index contributed by atoms with van der Waals surface area (Å²) in [6.07, 6.45) is 6.37. The van der Waals surface area contributed by atoms with E-state index in [1.165, 1.54) is 11.3 Å². The van der Waals surface area contributed by atoms with Gasteiger partial charge in [0, 0.05) is 69.7 Å². The number of thiophene rings is 1. The zero-order chi connectivity index (χ0) is 18.5. The number of aliphatic hydroxyl groups excluding tert-OH is 1. The number of hydrogen-bond donors (Lipinski definition) is 1. The van der Waals surface area contributed by atoms with Gasteiger partial charge in [0.1, 0.15) is 0 Å². The maximum Gasteiger partial charge on any atom is 0.233 e. The zero-order valence-corrected chi connectivity index (χ0v) is 16.1. The highest BCUT2D eigenvalue weighted by atomic mass is 32.1. The molecule has 0 saturated carbocycles. The Morgan fingerprint density at radius 2 is 2.00 bits per heavy atom. The molecule has 4 rings (SSSR count). The second-order valence-electron chi connectivity index (χ2n) is 6.92. The highest BCUT2D eigenvalue weighted by molar-refractivity contribution is 7.07. The van der Waals surface area contributed by atoms with Gasteiger partial charge in [0.05, 0.1) is 0 Å². The average Bonchev–Trinajstić information content (AvgIpc) is 3.37. The van der Waals surface area contributed by atoms with Crippen molar-refractivity contribution in [1.82, 2.24) is 24.3 Å². The molecule has 1 aliphatic heterocycles. The van der Waals surface area contributed by atoms with Crippen LogP contribution < -0.4 is 0 Å². The fourth-order valence-corrected chi connectivity index (χ4v) is 4.39. The quantitative estimate of drug-likeness (QED) is 0.679. The maximum absolute atomic E-state index is 9.53. The van der Waals surface area contributed by atoms with Crippen LogP contribution >= 0.6 is 11.3 Å². The van der Waals surface area contributed by atoms with Gasteiger partial charge in [-0.05, 0) is 47.0 Å². The molecule has 1 saturated heterocycles. The topological polar surface area (TPSA) is 57.4 Å². The first-order chi connectivity index (χ1) is 13.3. The third kappa shape index (κ3) is 4.44. The molecule has 1 unspecified atom stereocenters. The van der Waals surface area contributed by atoms with Crippen LogP contribution in [0, 0.1) is 0 Å². The van der Waals surface area contributed by atoms with Gasteiger partial charge in [-0.15, -0.1) is 0 Å². The van der Waals surface area contributed by atoms with Crippen molar-refractivity contribution in [3.8, 4) is 5.95 Å². The van der Waals surface area contributed by atoms with E-state index in [9.17, 15) is 5.11 Å². The number of aliphatic hydroxyl groups is 1. The normalized spacial score (nSPS) is 18.8. The number of rotatable bonds is 7. The summed E-state index contributed by atoms with van der Waals surface area (Å²) in [5.74, 6) is 0.709. The van der Waals surface area contributed by atoms with Crippen molar-refractivity contribution >= 4 is 11.3 Å². The molecule has 3 aromatic heterocycles. The summed E-state index contributed by atoms with van der Waals surface area (Å²) < 4.78 is 2.05. The van der Waals surface area contributed by atoms with Crippen molar-refractivity contribution in [2.75, 3.05) is 26.2 Å². The standard InChI is InChI=1S/C20H25N5OS/c26-11-4-18-14-23(9-10-24(18)13-17-5-12-27-16-17)15-19-3-1-8-25(19)20-21-6-2-7-22-20/h1-3,5-8,12,16,18,26H,4,9-11,13-15H2. The predicted octanol–water partition coefficient (Wildman–Crippen LogP) is 2.40. The second-order valence-corrected chi connectivity index (χ2v) is 7.70. The van der Waals surface area contributed by atoms with Crippen LogP contribution in [0.1, 0.15) is 17.7 Å². The minimum absolute atomic E-state index is 0.229. The molecule has 142 valence electrons. The molecule has 7 heteroatoms. The molecule has 0 amide bonds. The van der Waals surface area contributed by atoms with Gasteiger partial charge >= 0.3 is 0 Å². The van der Waals surface area contributed by atoms with Crippen molar-refractivity contribution < 1.29 is 5.11 Å². The molecule has 1 N–H and O–H groups in total. The van der Waals surface area contributed by atoms with Crippen LogP contribution in [-0.4, -0.2) is 61.7 Å². The first kappa shape index (κ1) is 18.3. The summed E-state index contributed by atoms with van der Waals surface area (Å²) in [5, 5.41) is 13.9. The van der Waals surface area contributed by atoms with E-state index in [1.807, 2.05) is 18.3 Å². The lowest BCUT2D eigenvalue weighted by Crippen LogP contribution is -2.52. The molecule has 0 radical (unpaired) electrons. The minimum Gasteiger partial charge on any atom is -0.396 e. The van der Waals surface area contributed by atoms with Crippen LogP contribution in [0.5, 0.6) is 0 Å². The van der Waals surface area contributed by atoms with Crippen molar-refractivity contribution in [1.29, 1.82) is 0 Å². The smallest absolute Gasteiger partial charge is 0.233 e. The number of piperazine rings is 1. The zero-order valence-electron chi connectivity index (χ0n) is 15.3. The molecule has 0 bridgehead atoms. The van der Waals surface area contributed by atoms with E-state index in [1.54, 1.807) is 23.7 Å². The summed E-state index contributed by atoms with van der Waals surface area (Å²) in [4.78, 5) is 13.7. The predicted molar refractivity (Wildman–Crippen MR) is 107 cm³/mol. The van der Waals surface area contributed by atoms with Crippen molar-refractivity contribution in [2.45, 2.75) is 25.6 Å². The van der Waals surface area contributed by atoms with E-state index in [0.29, 0.717) is 12.0 Å². The van der Waals surface area contributed by atoms with Gasteiger partial charge in [0.15, 0.2) is 0 Å². The second kappa shape index (κ2) is 8.75. The molecule has 1 fully saturated rings. The van der Waals surface area contributed by atoms with E-state index in [4.69, 9.17) is 0 Å². The van der Waals surface area contributed by atoms with Crippen molar-refractivity contribution in [3.63, 3.8) is 0 Å². The van der Waals surface area contributed by atoms with Crippen molar-refractivity contribution in [3.05, 3.63) is 64.9 Å². The average molecular weight is 384 g/mol. The molecule has 1 aliphatic rings. The Balaban J connectivity index is 1.43. The van der Waals surface area contributed by atoms with Gasteiger partial charge in [-0.2, -0.15) is 11.3 Å². The highest BCUT2D eigenvalue weighted by Crippen LogP contribution is 2.20. The summed E-state index contributed by atoms with van der Waals surface area (Å²) in [7, 11) is 0. The monoisotopic (exact) mass is 383 g/mol. The molecule has 4 heterocycles. The fraction of sp³-hybridized carbons (Fsp3) is 0.400. The molecule has 6 nitrogen and oxygen atoms in total. The Labute approximate surface area is 163 Å². The molecule has 3 aromatic rings. The molecular weight excluding hydrogens is 358 g/mol. The minimum atomic E-state index is 0.229. The molecule has 27 heavy (non-hydrogen) atoms. The molecule has 1 atom stereocenters. The summed E-state index contributed by atoms with van der Waals surface area (Å²) in [5.41, 5.74) is 2.56. The van der Waals surface area contributed by atoms with Crippen LogP contribution in [-0.2, 0) is 13.1 Å². The number of nitrogens with zero attached hydrogens (tertiary/aromatic N) is 5. The maximum atomic E-state index is 9.53. The Morgan fingerprint density at radius 3 is 2.78 bits per heavy atom. The van der Waals surface area contributed by atoms with Crippen LogP contribution in [0.4, 0.5) is 0 Å².